The second kappa shape index (κ2) is 6.05. The molecule has 2 N–H and O–H groups in total. The fourth-order valence-corrected chi connectivity index (χ4v) is 1.41. The van der Waals surface area contributed by atoms with Crippen molar-refractivity contribution in [3.63, 3.8) is 0 Å². The molecule has 1 aromatic rings. The average molecular weight is 278 g/mol. The number of nitrogens with one attached hydrogen (secondary N) is 2. The van der Waals surface area contributed by atoms with Gasteiger partial charge in [-0.15, -0.1) is 0 Å². The monoisotopic (exact) mass is 278 g/mol. The van der Waals surface area contributed by atoms with E-state index in [0.717, 1.165) is 11.3 Å². The summed E-state index contributed by atoms with van der Waals surface area (Å²) in [5.74, 6) is -0.682. The number of amides is 1. The third kappa shape index (κ3) is 4.90. The molecule has 1 atom stereocenters. The van der Waals surface area contributed by atoms with Gasteiger partial charge in [0.25, 0.3) is 0 Å². The minimum atomic E-state index is -4.39. The molecule has 0 aliphatic rings. The molecular formula is C11H17F3N4O. The van der Waals surface area contributed by atoms with Crippen LogP contribution in [0.3, 0.4) is 0 Å². The number of rotatable bonds is 5. The summed E-state index contributed by atoms with van der Waals surface area (Å²) in [6.45, 7) is 2.44. The second-order valence-corrected chi connectivity index (χ2v) is 4.31. The first-order chi connectivity index (χ1) is 8.70. The van der Waals surface area contributed by atoms with E-state index in [-0.39, 0.29) is 0 Å². The van der Waals surface area contributed by atoms with Crippen LogP contribution in [-0.2, 0) is 18.4 Å². The molecule has 108 valence electrons. The van der Waals surface area contributed by atoms with Crippen LogP contribution in [0.25, 0.3) is 0 Å². The highest BCUT2D eigenvalue weighted by Gasteiger charge is 2.28. The predicted octanol–water partition coefficient (Wildman–Crippen LogP) is 0.885. The van der Waals surface area contributed by atoms with Crippen LogP contribution >= 0.6 is 0 Å². The standard InChI is InChI=1S/C11H17F3N4O/c1-7(10(19)16-6-11(12,13)14)15-4-9-5-17-18(3)8(9)2/h5,7,15H,4,6H2,1-3H3,(H,16,19). The first kappa shape index (κ1) is 15.5. The van der Waals surface area contributed by atoms with E-state index in [1.54, 1.807) is 17.9 Å². The SMILES string of the molecule is Cc1c(CNC(C)C(=O)NCC(F)(F)F)cnn1C. The van der Waals surface area contributed by atoms with E-state index in [9.17, 15) is 18.0 Å². The third-order valence-electron chi connectivity index (χ3n) is 2.79. The lowest BCUT2D eigenvalue weighted by Crippen LogP contribution is -2.45. The molecule has 0 aliphatic carbocycles. The zero-order valence-electron chi connectivity index (χ0n) is 11.0. The summed E-state index contributed by atoms with van der Waals surface area (Å²) in [5, 5.41) is 8.72. The van der Waals surface area contributed by atoms with Crippen molar-refractivity contribution in [2.45, 2.75) is 32.6 Å². The van der Waals surface area contributed by atoms with Gasteiger partial charge in [0.15, 0.2) is 0 Å². The molecule has 19 heavy (non-hydrogen) atoms. The average Bonchev–Trinajstić information content (AvgIpc) is 2.63. The Labute approximate surface area is 109 Å². The van der Waals surface area contributed by atoms with Crippen molar-refractivity contribution in [2.24, 2.45) is 7.05 Å². The molecule has 0 saturated carbocycles. The van der Waals surface area contributed by atoms with Gasteiger partial charge in [-0.25, -0.2) is 0 Å². The molecule has 1 unspecified atom stereocenters. The fraction of sp³-hybridized carbons (Fsp3) is 0.636. The quantitative estimate of drug-likeness (QED) is 0.841. The second-order valence-electron chi connectivity index (χ2n) is 4.31. The molecule has 0 spiro atoms. The number of alkyl halides is 3. The molecule has 1 rings (SSSR count). The number of hydrogen-bond donors (Lipinski definition) is 2. The Balaban J connectivity index is 2.41. The van der Waals surface area contributed by atoms with E-state index < -0.39 is 24.7 Å². The minimum Gasteiger partial charge on any atom is -0.346 e. The normalized spacial score (nSPS) is 13.4. The number of halogens is 3. The Bertz CT molecular complexity index is 442. The van der Waals surface area contributed by atoms with Crippen molar-refractivity contribution in [3.8, 4) is 0 Å². The largest absolute Gasteiger partial charge is 0.405 e. The van der Waals surface area contributed by atoms with Crippen molar-refractivity contribution >= 4 is 5.91 Å². The van der Waals surface area contributed by atoms with Crippen molar-refractivity contribution in [1.29, 1.82) is 0 Å². The molecule has 5 nitrogen and oxygen atoms in total. The van der Waals surface area contributed by atoms with Gasteiger partial charge in [0, 0.05) is 24.8 Å². The van der Waals surface area contributed by atoms with E-state index in [1.807, 2.05) is 12.2 Å². The van der Waals surface area contributed by atoms with Crippen molar-refractivity contribution in [1.82, 2.24) is 20.4 Å². The lowest BCUT2D eigenvalue weighted by molar-refractivity contribution is -0.139. The van der Waals surface area contributed by atoms with E-state index in [2.05, 4.69) is 10.4 Å². The Kier molecular flexibility index (Phi) is 4.93. The zero-order chi connectivity index (χ0) is 14.6. The highest BCUT2D eigenvalue weighted by molar-refractivity contribution is 5.81. The van der Waals surface area contributed by atoms with Crippen LogP contribution in [0.2, 0.25) is 0 Å². The third-order valence-corrected chi connectivity index (χ3v) is 2.79. The van der Waals surface area contributed by atoms with Crippen LogP contribution in [-0.4, -0.2) is 34.5 Å². The van der Waals surface area contributed by atoms with Gasteiger partial charge in [-0.2, -0.15) is 18.3 Å². The van der Waals surface area contributed by atoms with Crippen LogP contribution in [0, 0.1) is 6.92 Å². The van der Waals surface area contributed by atoms with E-state index in [1.165, 1.54) is 6.92 Å². The summed E-state index contributed by atoms with van der Waals surface area (Å²) in [7, 11) is 1.79. The van der Waals surface area contributed by atoms with E-state index >= 15 is 0 Å². The lowest BCUT2D eigenvalue weighted by Gasteiger charge is -2.15. The number of aromatic nitrogens is 2. The fourth-order valence-electron chi connectivity index (χ4n) is 1.41. The summed E-state index contributed by atoms with van der Waals surface area (Å²) >= 11 is 0. The Morgan fingerprint density at radius 1 is 1.53 bits per heavy atom. The molecule has 0 radical (unpaired) electrons. The smallest absolute Gasteiger partial charge is 0.346 e. The number of aryl methyl sites for hydroxylation is 1. The number of carbonyl (C=O) groups excluding carboxylic acids is 1. The summed E-state index contributed by atoms with van der Waals surface area (Å²) in [4.78, 5) is 11.4. The van der Waals surface area contributed by atoms with Gasteiger partial charge in [0.2, 0.25) is 5.91 Å². The predicted molar refractivity (Wildman–Crippen MR) is 63.3 cm³/mol. The van der Waals surface area contributed by atoms with Gasteiger partial charge in [0.05, 0.1) is 12.2 Å². The molecule has 0 aliphatic heterocycles. The maximum atomic E-state index is 11.9. The van der Waals surface area contributed by atoms with Crippen LogP contribution in [0.4, 0.5) is 13.2 Å². The number of nitrogens with zero attached hydrogens (tertiary/aromatic N) is 2. The van der Waals surface area contributed by atoms with Crippen molar-refractivity contribution in [2.75, 3.05) is 6.54 Å². The van der Waals surface area contributed by atoms with Gasteiger partial charge < -0.3 is 10.6 Å². The highest BCUT2D eigenvalue weighted by Crippen LogP contribution is 2.12. The summed E-state index contributed by atoms with van der Waals surface area (Å²) in [6, 6.07) is -0.707. The molecule has 0 saturated heterocycles. The molecule has 1 amide bonds. The van der Waals surface area contributed by atoms with Crippen LogP contribution < -0.4 is 10.6 Å². The topological polar surface area (TPSA) is 59.0 Å². The molecule has 1 aromatic heterocycles. The highest BCUT2D eigenvalue weighted by atomic mass is 19.4. The van der Waals surface area contributed by atoms with Crippen LogP contribution in [0.15, 0.2) is 6.20 Å². The minimum absolute atomic E-state index is 0.375. The first-order valence-corrected chi connectivity index (χ1v) is 5.76. The van der Waals surface area contributed by atoms with Gasteiger partial charge >= 0.3 is 6.18 Å². The Morgan fingerprint density at radius 2 is 2.16 bits per heavy atom. The summed E-state index contributed by atoms with van der Waals surface area (Å²) in [6.07, 6.45) is -2.74. The summed E-state index contributed by atoms with van der Waals surface area (Å²) < 4.78 is 37.5. The maximum Gasteiger partial charge on any atom is 0.405 e. The van der Waals surface area contributed by atoms with Gasteiger partial charge in [-0.1, -0.05) is 0 Å². The zero-order valence-corrected chi connectivity index (χ0v) is 11.0. The van der Waals surface area contributed by atoms with Crippen LogP contribution in [0.1, 0.15) is 18.2 Å². The van der Waals surface area contributed by atoms with E-state index in [4.69, 9.17) is 0 Å². The number of hydrogen-bond acceptors (Lipinski definition) is 3. The van der Waals surface area contributed by atoms with Crippen molar-refractivity contribution < 1.29 is 18.0 Å². The maximum absolute atomic E-state index is 11.9. The molecule has 8 heteroatoms. The Hall–Kier alpha value is -1.57. The first-order valence-electron chi connectivity index (χ1n) is 5.76. The molecule has 0 aromatic carbocycles. The Morgan fingerprint density at radius 3 is 2.63 bits per heavy atom. The van der Waals surface area contributed by atoms with Gasteiger partial charge in [-0.3, -0.25) is 9.48 Å². The molecule has 0 fully saturated rings. The molecular weight excluding hydrogens is 261 g/mol. The molecule has 0 bridgehead atoms. The lowest BCUT2D eigenvalue weighted by atomic mass is 10.2. The number of carbonyl (C=O) groups is 1. The van der Waals surface area contributed by atoms with Gasteiger partial charge in [0.1, 0.15) is 6.54 Å². The van der Waals surface area contributed by atoms with Crippen molar-refractivity contribution in [3.05, 3.63) is 17.5 Å². The van der Waals surface area contributed by atoms with Gasteiger partial charge in [-0.05, 0) is 13.8 Å². The summed E-state index contributed by atoms with van der Waals surface area (Å²) in [5.41, 5.74) is 1.84. The van der Waals surface area contributed by atoms with Crippen LogP contribution in [0.5, 0.6) is 0 Å². The van der Waals surface area contributed by atoms with E-state index in [0.29, 0.717) is 6.54 Å². The molecule has 1 heterocycles.